The van der Waals surface area contributed by atoms with Gasteiger partial charge >= 0.3 is 0 Å². The molecule has 15 heavy (non-hydrogen) atoms. The number of aromatic amines is 1. The van der Waals surface area contributed by atoms with E-state index in [-0.39, 0.29) is 5.69 Å². The lowest BCUT2D eigenvalue weighted by atomic mass is 10.4. The van der Waals surface area contributed by atoms with Crippen LogP contribution in [0.2, 0.25) is 0 Å². The zero-order valence-corrected chi connectivity index (χ0v) is 9.26. The number of H-pyrrole nitrogens is 1. The van der Waals surface area contributed by atoms with Crippen LogP contribution in [0.5, 0.6) is 0 Å². The Morgan fingerprint density at radius 3 is 2.93 bits per heavy atom. The standard InChI is InChI=1S/C7H6N4O2S2/c1-10-3-4(11(12)13)2-5(10)6-8-9-7(14)15-6/h2-3H,1H3,(H,9,14). The Hall–Kier alpha value is -1.54. The summed E-state index contributed by atoms with van der Waals surface area (Å²) < 4.78 is 2.20. The number of hydrogen-bond acceptors (Lipinski definition) is 5. The summed E-state index contributed by atoms with van der Waals surface area (Å²) in [6, 6.07) is 1.47. The Morgan fingerprint density at radius 1 is 1.73 bits per heavy atom. The summed E-state index contributed by atoms with van der Waals surface area (Å²) in [7, 11) is 1.73. The van der Waals surface area contributed by atoms with Gasteiger partial charge in [0.05, 0.1) is 16.8 Å². The SMILES string of the molecule is Cn1cc([N+](=O)[O-])cc1-c1n[nH]c(=S)s1. The third-order valence-corrected chi connectivity index (χ3v) is 2.97. The third kappa shape index (κ3) is 1.81. The summed E-state index contributed by atoms with van der Waals surface area (Å²) in [5.74, 6) is 0. The second-order valence-corrected chi connectivity index (χ2v) is 4.54. The van der Waals surface area contributed by atoms with Crippen LogP contribution in [-0.2, 0) is 7.05 Å². The fourth-order valence-electron chi connectivity index (χ4n) is 1.20. The highest BCUT2D eigenvalue weighted by atomic mass is 32.1. The summed E-state index contributed by atoms with van der Waals surface area (Å²) >= 11 is 6.18. The molecule has 2 aromatic heterocycles. The molecule has 0 bridgehead atoms. The van der Waals surface area contributed by atoms with E-state index in [1.54, 1.807) is 11.6 Å². The molecule has 78 valence electrons. The van der Waals surface area contributed by atoms with E-state index in [2.05, 4.69) is 10.2 Å². The van der Waals surface area contributed by atoms with Gasteiger partial charge in [-0.1, -0.05) is 11.3 Å². The predicted octanol–water partition coefficient (Wildman–Crippen LogP) is 2.11. The van der Waals surface area contributed by atoms with Crippen LogP contribution in [0.4, 0.5) is 5.69 Å². The van der Waals surface area contributed by atoms with Gasteiger partial charge in [0, 0.05) is 13.1 Å². The highest BCUT2D eigenvalue weighted by Crippen LogP contribution is 2.26. The van der Waals surface area contributed by atoms with E-state index in [1.165, 1.54) is 23.6 Å². The fourth-order valence-corrected chi connectivity index (χ4v) is 2.15. The van der Waals surface area contributed by atoms with Gasteiger partial charge in [0.25, 0.3) is 5.69 Å². The van der Waals surface area contributed by atoms with Crippen LogP contribution in [-0.4, -0.2) is 19.7 Å². The van der Waals surface area contributed by atoms with Crippen molar-refractivity contribution >= 4 is 29.2 Å². The Labute approximate surface area is 93.3 Å². The molecule has 6 nitrogen and oxygen atoms in total. The largest absolute Gasteiger partial charge is 0.342 e. The molecule has 0 aromatic carbocycles. The average Bonchev–Trinajstić information content (AvgIpc) is 2.71. The molecule has 2 heterocycles. The van der Waals surface area contributed by atoms with E-state index in [0.29, 0.717) is 14.7 Å². The summed E-state index contributed by atoms with van der Waals surface area (Å²) in [6.45, 7) is 0. The van der Waals surface area contributed by atoms with Crippen molar-refractivity contribution in [3.8, 4) is 10.7 Å². The summed E-state index contributed by atoms with van der Waals surface area (Å²) in [5, 5.41) is 17.8. The van der Waals surface area contributed by atoms with Crippen LogP contribution in [0.15, 0.2) is 12.3 Å². The van der Waals surface area contributed by atoms with Crippen molar-refractivity contribution in [3.63, 3.8) is 0 Å². The molecule has 2 aromatic rings. The summed E-state index contributed by atoms with van der Waals surface area (Å²) in [4.78, 5) is 10.1. The number of nitro groups is 1. The molecule has 0 saturated carbocycles. The van der Waals surface area contributed by atoms with Gasteiger partial charge in [-0.2, -0.15) is 5.10 Å². The molecule has 1 N–H and O–H groups in total. The first-order valence-corrected chi connectivity index (χ1v) is 5.17. The fraction of sp³-hybridized carbons (Fsp3) is 0.143. The van der Waals surface area contributed by atoms with Crippen molar-refractivity contribution in [1.82, 2.24) is 14.8 Å². The number of hydrogen-bond donors (Lipinski definition) is 1. The molecule has 0 unspecified atom stereocenters. The molecule has 0 saturated heterocycles. The molecule has 8 heteroatoms. The minimum atomic E-state index is -0.435. The third-order valence-electron chi connectivity index (χ3n) is 1.86. The van der Waals surface area contributed by atoms with E-state index in [1.807, 2.05) is 0 Å². The molecular formula is C7H6N4O2S2. The van der Waals surface area contributed by atoms with Gasteiger partial charge in [0.1, 0.15) is 0 Å². The van der Waals surface area contributed by atoms with Gasteiger partial charge in [-0.15, -0.1) is 0 Å². The number of nitrogens with one attached hydrogen (secondary N) is 1. The Kier molecular flexibility index (Phi) is 2.37. The zero-order chi connectivity index (χ0) is 11.0. The van der Waals surface area contributed by atoms with Crippen LogP contribution in [0.3, 0.4) is 0 Å². The zero-order valence-electron chi connectivity index (χ0n) is 7.63. The normalized spacial score (nSPS) is 10.5. The van der Waals surface area contributed by atoms with Crippen LogP contribution in [0.1, 0.15) is 0 Å². The Morgan fingerprint density at radius 2 is 2.47 bits per heavy atom. The molecule has 0 spiro atoms. The number of aryl methyl sites for hydroxylation is 1. The van der Waals surface area contributed by atoms with Crippen LogP contribution >= 0.6 is 23.6 Å². The maximum Gasteiger partial charge on any atom is 0.287 e. The van der Waals surface area contributed by atoms with E-state index < -0.39 is 4.92 Å². The van der Waals surface area contributed by atoms with Crippen molar-refractivity contribution in [2.24, 2.45) is 7.05 Å². The van der Waals surface area contributed by atoms with Crippen LogP contribution in [0, 0.1) is 14.1 Å². The molecule has 0 fully saturated rings. The van der Waals surface area contributed by atoms with E-state index in [0.717, 1.165) is 0 Å². The summed E-state index contributed by atoms with van der Waals surface area (Å²) in [6.07, 6.45) is 1.44. The van der Waals surface area contributed by atoms with Crippen molar-refractivity contribution in [2.45, 2.75) is 0 Å². The average molecular weight is 242 g/mol. The lowest BCUT2D eigenvalue weighted by molar-refractivity contribution is -0.384. The molecule has 0 aliphatic rings. The smallest absolute Gasteiger partial charge is 0.287 e. The topological polar surface area (TPSA) is 76.8 Å². The minimum absolute atomic E-state index is 0.0496. The van der Waals surface area contributed by atoms with Gasteiger partial charge in [0.2, 0.25) is 0 Å². The first-order valence-electron chi connectivity index (χ1n) is 3.94. The first-order chi connectivity index (χ1) is 7.08. The minimum Gasteiger partial charge on any atom is -0.342 e. The lowest BCUT2D eigenvalue weighted by Crippen LogP contribution is -1.88. The summed E-state index contributed by atoms with van der Waals surface area (Å²) in [5.41, 5.74) is 0.729. The number of nitrogens with zero attached hydrogens (tertiary/aromatic N) is 3. The molecule has 0 radical (unpaired) electrons. The number of aromatic nitrogens is 3. The maximum absolute atomic E-state index is 10.5. The van der Waals surface area contributed by atoms with Gasteiger partial charge in [0.15, 0.2) is 8.96 Å². The van der Waals surface area contributed by atoms with Crippen LogP contribution in [0.25, 0.3) is 10.7 Å². The quantitative estimate of drug-likeness (QED) is 0.497. The van der Waals surface area contributed by atoms with E-state index in [4.69, 9.17) is 12.2 Å². The molecule has 0 amide bonds. The monoisotopic (exact) mass is 242 g/mol. The Balaban J connectivity index is 2.53. The van der Waals surface area contributed by atoms with Crippen LogP contribution < -0.4 is 0 Å². The van der Waals surface area contributed by atoms with Gasteiger partial charge in [-0.25, -0.2) is 0 Å². The van der Waals surface area contributed by atoms with Crippen molar-refractivity contribution in [1.29, 1.82) is 0 Å². The van der Waals surface area contributed by atoms with Gasteiger partial charge in [-0.3, -0.25) is 15.2 Å². The molecular weight excluding hydrogens is 236 g/mol. The Bertz CT molecular complexity index is 568. The van der Waals surface area contributed by atoms with E-state index >= 15 is 0 Å². The molecule has 0 aliphatic heterocycles. The van der Waals surface area contributed by atoms with E-state index in [9.17, 15) is 10.1 Å². The van der Waals surface area contributed by atoms with Gasteiger partial charge in [-0.05, 0) is 12.2 Å². The van der Waals surface area contributed by atoms with Gasteiger partial charge < -0.3 is 4.57 Å². The molecule has 2 rings (SSSR count). The second kappa shape index (κ2) is 3.55. The number of rotatable bonds is 2. The molecule has 0 atom stereocenters. The highest BCUT2D eigenvalue weighted by molar-refractivity contribution is 7.73. The second-order valence-electron chi connectivity index (χ2n) is 2.87. The van der Waals surface area contributed by atoms with Crippen molar-refractivity contribution in [2.75, 3.05) is 0 Å². The lowest BCUT2D eigenvalue weighted by Gasteiger charge is -1.94. The maximum atomic E-state index is 10.5. The molecule has 0 aliphatic carbocycles. The predicted molar refractivity (Wildman–Crippen MR) is 58.4 cm³/mol. The van der Waals surface area contributed by atoms with Crippen molar-refractivity contribution in [3.05, 3.63) is 26.3 Å². The first kappa shape index (κ1) is 9.99. The highest BCUT2D eigenvalue weighted by Gasteiger charge is 2.15. The van der Waals surface area contributed by atoms with Crippen molar-refractivity contribution < 1.29 is 4.92 Å².